The van der Waals surface area contributed by atoms with E-state index in [2.05, 4.69) is 20.0 Å². The lowest BCUT2D eigenvalue weighted by Gasteiger charge is -2.21. The van der Waals surface area contributed by atoms with Crippen molar-refractivity contribution in [2.75, 3.05) is 7.11 Å². The zero-order valence-corrected chi connectivity index (χ0v) is 13.4. The smallest absolute Gasteiger partial charge is 0.330 e. The molecule has 130 valence electrons. The molecule has 9 nitrogen and oxygen atoms in total. The quantitative estimate of drug-likeness (QED) is 0.639. The second kappa shape index (κ2) is 6.73. The van der Waals surface area contributed by atoms with Crippen molar-refractivity contribution < 1.29 is 9.53 Å². The highest BCUT2D eigenvalue weighted by atomic mass is 16.5. The van der Waals surface area contributed by atoms with E-state index >= 15 is 0 Å². The van der Waals surface area contributed by atoms with Crippen LogP contribution in [-0.4, -0.2) is 33.7 Å². The standard InChI is InChI=1S/C16H17N5O4/c1-25-15(23)11(17)6-9-2-3-13(19-7-9)21-14(22)10-4-5-18-8-12(10)20-16(21)24/h2-5,7-8,11,13,19H,6,17H2,1H3,(H,20,24)/t11-,13?/m0/s1. The molecule has 2 aromatic rings. The molecule has 25 heavy (non-hydrogen) atoms. The summed E-state index contributed by atoms with van der Waals surface area (Å²) >= 11 is 0. The molecule has 0 aliphatic carbocycles. The van der Waals surface area contributed by atoms with E-state index < -0.39 is 29.4 Å². The lowest BCUT2D eigenvalue weighted by Crippen LogP contribution is -2.42. The molecule has 0 fully saturated rings. The van der Waals surface area contributed by atoms with Crippen molar-refractivity contribution in [1.82, 2.24) is 19.9 Å². The van der Waals surface area contributed by atoms with Gasteiger partial charge in [-0.3, -0.25) is 14.6 Å². The monoisotopic (exact) mass is 343 g/mol. The van der Waals surface area contributed by atoms with Crippen molar-refractivity contribution in [1.29, 1.82) is 0 Å². The lowest BCUT2D eigenvalue weighted by atomic mass is 10.1. The highest BCUT2D eigenvalue weighted by molar-refractivity contribution is 5.76. The molecule has 3 rings (SSSR count). The molecule has 0 aromatic carbocycles. The van der Waals surface area contributed by atoms with Gasteiger partial charge in [-0.2, -0.15) is 0 Å². The van der Waals surface area contributed by atoms with Gasteiger partial charge in [-0.1, -0.05) is 6.08 Å². The van der Waals surface area contributed by atoms with Crippen LogP contribution in [0.5, 0.6) is 0 Å². The largest absolute Gasteiger partial charge is 0.468 e. The first kappa shape index (κ1) is 16.7. The highest BCUT2D eigenvalue weighted by Gasteiger charge is 2.19. The minimum Gasteiger partial charge on any atom is -0.468 e. The van der Waals surface area contributed by atoms with E-state index in [0.717, 1.165) is 10.1 Å². The molecule has 4 N–H and O–H groups in total. The maximum absolute atomic E-state index is 12.6. The van der Waals surface area contributed by atoms with Gasteiger partial charge in [0, 0.05) is 12.4 Å². The summed E-state index contributed by atoms with van der Waals surface area (Å²) in [6, 6.07) is 0.770. The van der Waals surface area contributed by atoms with Gasteiger partial charge in [0.2, 0.25) is 0 Å². The summed E-state index contributed by atoms with van der Waals surface area (Å²) in [6.07, 6.45) is 7.54. The van der Waals surface area contributed by atoms with E-state index in [-0.39, 0.29) is 6.42 Å². The fraction of sp³-hybridized carbons (Fsp3) is 0.250. The number of allylic oxidation sites excluding steroid dienone is 1. The number of aromatic amines is 1. The van der Waals surface area contributed by atoms with Crippen LogP contribution in [0, 0.1) is 0 Å². The van der Waals surface area contributed by atoms with Crippen LogP contribution >= 0.6 is 0 Å². The van der Waals surface area contributed by atoms with Crippen molar-refractivity contribution in [2.24, 2.45) is 5.73 Å². The number of nitrogens with one attached hydrogen (secondary N) is 2. The minimum absolute atomic E-state index is 0.275. The third-order valence-electron chi connectivity index (χ3n) is 3.90. The molecular formula is C16H17N5O4. The molecule has 3 heterocycles. The number of hydrogen-bond donors (Lipinski definition) is 3. The number of rotatable bonds is 4. The van der Waals surface area contributed by atoms with Gasteiger partial charge >= 0.3 is 11.7 Å². The van der Waals surface area contributed by atoms with E-state index in [1.54, 1.807) is 24.4 Å². The number of esters is 1. The Morgan fingerprint density at radius 3 is 2.96 bits per heavy atom. The molecule has 0 radical (unpaired) electrons. The average molecular weight is 343 g/mol. The molecule has 0 saturated carbocycles. The van der Waals surface area contributed by atoms with Crippen LogP contribution in [0.4, 0.5) is 0 Å². The fourth-order valence-electron chi connectivity index (χ4n) is 2.62. The normalized spacial score (nSPS) is 17.7. The number of fused-ring (bicyclic) bond motifs is 1. The number of carbonyl (C=O) groups excluding carboxylic acids is 1. The van der Waals surface area contributed by atoms with Crippen LogP contribution in [0.15, 0.2) is 52.0 Å². The summed E-state index contributed by atoms with van der Waals surface area (Å²) in [7, 11) is 1.27. The van der Waals surface area contributed by atoms with Gasteiger partial charge in [0.25, 0.3) is 5.56 Å². The summed E-state index contributed by atoms with van der Waals surface area (Å²) in [5.74, 6) is -0.507. The zero-order chi connectivity index (χ0) is 18.0. The summed E-state index contributed by atoms with van der Waals surface area (Å²) in [5.41, 5.74) is 5.89. The first-order valence-electron chi connectivity index (χ1n) is 7.56. The third-order valence-corrected chi connectivity index (χ3v) is 3.90. The minimum atomic E-state index is -0.779. The number of nitrogens with zero attached hydrogens (tertiary/aromatic N) is 2. The summed E-state index contributed by atoms with van der Waals surface area (Å²) in [4.78, 5) is 42.7. The number of pyridine rings is 1. The van der Waals surface area contributed by atoms with Gasteiger partial charge < -0.3 is 20.8 Å². The Labute approximate surface area is 141 Å². The van der Waals surface area contributed by atoms with E-state index in [4.69, 9.17) is 5.73 Å². The lowest BCUT2D eigenvalue weighted by molar-refractivity contribution is -0.142. The van der Waals surface area contributed by atoms with Crippen LogP contribution in [0.1, 0.15) is 12.6 Å². The Hall–Kier alpha value is -3.20. The number of dihydropyridines is 1. The van der Waals surface area contributed by atoms with Gasteiger partial charge in [-0.25, -0.2) is 9.36 Å². The van der Waals surface area contributed by atoms with Crippen molar-refractivity contribution >= 4 is 16.9 Å². The second-order valence-electron chi connectivity index (χ2n) is 5.55. The predicted molar refractivity (Wildman–Crippen MR) is 90.6 cm³/mol. The maximum Gasteiger partial charge on any atom is 0.330 e. The molecule has 0 spiro atoms. The third kappa shape index (κ3) is 3.22. The molecule has 2 aromatic heterocycles. The van der Waals surface area contributed by atoms with E-state index in [1.165, 1.54) is 19.5 Å². The molecule has 0 amide bonds. The maximum atomic E-state index is 12.6. The van der Waals surface area contributed by atoms with Crippen LogP contribution in [0.3, 0.4) is 0 Å². The molecule has 1 aliphatic heterocycles. The topological polar surface area (TPSA) is 132 Å². The molecule has 9 heteroatoms. The van der Waals surface area contributed by atoms with E-state index in [9.17, 15) is 14.4 Å². The van der Waals surface area contributed by atoms with Gasteiger partial charge in [-0.05, 0) is 24.1 Å². The number of nitrogens with two attached hydrogens (primary N) is 1. The predicted octanol–water partition coefficient (Wildman–Crippen LogP) is -0.483. The molecule has 1 aliphatic rings. The van der Waals surface area contributed by atoms with Crippen molar-refractivity contribution in [3.8, 4) is 0 Å². The van der Waals surface area contributed by atoms with Gasteiger partial charge in [0.05, 0.1) is 24.2 Å². The van der Waals surface area contributed by atoms with Crippen molar-refractivity contribution in [2.45, 2.75) is 18.6 Å². The molecule has 0 saturated heterocycles. The molecule has 2 atom stereocenters. The number of carbonyl (C=O) groups is 1. The van der Waals surface area contributed by atoms with Gasteiger partial charge in [0.15, 0.2) is 0 Å². The number of aromatic nitrogens is 3. The zero-order valence-electron chi connectivity index (χ0n) is 13.4. The van der Waals surface area contributed by atoms with Crippen LogP contribution in [-0.2, 0) is 9.53 Å². The summed E-state index contributed by atoms with van der Waals surface area (Å²) < 4.78 is 5.66. The van der Waals surface area contributed by atoms with Crippen LogP contribution < -0.4 is 22.3 Å². The summed E-state index contributed by atoms with van der Waals surface area (Å²) in [5, 5.41) is 3.33. The van der Waals surface area contributed by atoms with Crippen molar-refractivity contribution in [3.63, 3.8) is 0 Å². The Kier molecular flexibility index (Phi) is 4.48. The summed E-state index contributed by atoms with van der Waals surface area (Å²) in [6.45, 7) is 0. The number of hydrogen-bond acceptors (Lipinski definition) is 7. The fourth-order valence-corrected chi connectivity index (χ4v) is 2.62. The highest BCUT2D eigenvalue weighted by Crippen LogP contribution is 2.14. The van der Waals surface area contributed by atoms with E-state index in [0.29, 0.717) is 10.9 Å². The molecule has 0 bridgehead atoms. The second-order valence-corrected chi connectivity index (χ2v) is 5.55. The Balaban J connectivity index is 1.86. The molecule has 1 unspecified atom stereocenters. The van der Waals surface area contributed by atoms with E-state index in [1.807, 2.05) is 0 Å². The van der Waals surface area contributed by atoms with Crippen LogP contribution in [0.25, 0.3) is 10.9 Å². The number of H-pyrrole nitrogens is 1. The first-order chi connectivity index (χ1) is 12.0. The van der Waals surface area contributed by atoms with Crippen molar-refractivity contribution in [3.05, 3.63) is 63.2 Å². The molecular weight excluding hydrogens is 326 g/mol. The average Bonchev–Trinajstić information content (AvgIpc) is 2.62. The number of methoxy groups -OCH3 is 1. The Morgan fingerprint density at radius 1 is 1.48 bits per heavy atom. The SMILES string of the molecule is COC(=O)[C@@H](N)CC1=CNC(n2c(=O)[nH]c3cnccc3c2=O)C=C1. The van der Waals surface area contributed by atoms with Gasteiger partial charge in [-0.15, -0.1) is 0 Å². The first-order valence-corrected chi connectivity index (χ1v) is 7.56. The van der Waals surface area contributed by atoms with Gasteiger partial charge in [0.1, 0.15) is 12.2 Å². The Morgan fingerprint density at radius 2 is 2.28 bits per heavy atom. The number of ether oxygens (including phenoxy) is 1. The van der Waals surface area contributed by atoms with Crippen LogP contribution in [0.2, 0.25) is 0 Å². The Bertz CT molecular complexity index is 988.